The first-order valence-electron chi connectivity index (χ1n) is 5.49. The second-order valence-electron chi connectivity index (χ2n) is 4.46. The molecular weight excluding hydrogens is 259 g/mol. The Kier molecular flexibility index (Phi) is 4.84. The molecule has 0 atom stereocenters. The highest BCUT2D eigenvalue weighted by atomic mass is 32.2. The Hall–Kier alpha value is -0.980. The van der Waals surface area contributed by atoms with E-state index in [4.69, 9.17) is 0 Å². The SMILES string of the molecule is CS(=O)(=O)CCC(CO)(CO)c1ccccc1F. The zero-order valence-corrected chi connectivity index (χ0v) is 11.0. The molecule has 0 spiro atoms. The second-order valence-corrected chi connectivity index (χ2v) is 6.72. The predicted octanol–water partition coefficient (Wildman–Crippen LogP) is 0.483. The van der Waals surface area contributed by atoms with Gasteiger partial charge in [-0.3, -0.25) is 0 Å². The number of halogens is 1. The molecule has 0 heterocycles. The van der Waals surface area contributed by atoms with E-state index in [2.05, 4.69) is 0 Å². The van der Waals surface area contributed by atoms with E-state index >= 15 is 0 Å². The summed E-state index contributed by atoms with van der Waals surface area (Å²) in [6.45, 7) is -1.03. The van der Waals surface area contributed by atoms with E-state index in [1.165, 1.54) is 18.2 Å². The molecule has 0 radical (unpaired) electrons. The molecule has 18 heavy (non-hydrogen) atoms. The van der Waals surface area contributed by atoms with Crippen molar-refractivity contribution in [2.45, 2.75) is 11.8 Å². The van der Waals surface area contributed by atoms with Crippen LogP contribution in [0.2, 0.25) is 0 Å². The fraction of sp³-hybridized carbons (Fsp3) is 0.500. The summed E-state index contributed by atoms with van der Waals surface area (Å²) in [5.74, 6) is -0.781. The first-order valence-corrected chi connectivity index (χ1v) is 7.55. The molecule has 0 fully saturated rings. The molecule has 1 aromatic carbocycles. The average molecular weight is 276 g/mol. The van der Waals surface area contributed by atoms with Gasteiger partial charge in [0.15, 0.2) is 0 Å². The summed E-state index contributed by atoms with van der Waals surface area (Å²) in [5, 5.41) is 18.9. The molecule has 0 aliphatic carbocycles. The third-order valence-electron chi connectivity index (χ3n) is 3.00. The molecule has 102 valence electrons. The zero-order valence-electron chi connectivity index (χ0n) is 10.1. The fourth-order valence-electron chi connectivity index (χ4n) is 1.79. The third-order valence-corrected chi connectivity index (χ3v) is 3.95. The Bertz CT molecular complexity index is 495. The van der Waals surface area contributed by atoms with Gasteiger partial charge in [0.25, 0.3) is 0 Å². The van der Waals surface area contributed by atoms with Gasteiger partial charge < -0.3 is 10.2 Å². The minimum atomic E-state index is -3.24. The van der Waals surface area contributed by atoms with Crippen LogP contribution in [-0.2, 0) is 15.3 Å². The summed E-state index contributed by atoms with van der Waals surface area (Å²) >= 11 is 0. The highest BCUT2D eigenvalue weighted by Crippen LogP contribution is 2.29. The number of aliphatic hydroxyl groups excluding tert-OH is 2. The van der Waals surface area contributed by atoms with Crippen molar-refractivity contribution in [2.24, 2.45) is 0 Å². The fourth-order valence-corrected chi connectivity index (χ4v) is 2.55. The maximum absolute atomic E-state index is 13.7. The van der Waals surface area contributed by atoms with Gasteiger partial charge in [-0.05, 0) is 18.1 Å². The average Bonchev–Trinajstić information content (AvgIpc) is 2.31. The summed E-state index contributed by atoms with van der Waals surface area (Å²) in [7, 11) is -3.24. The maximum Gasteiger partial charge on any atom is 0.147 e. The zero-order chi connectivity index (χ0) is 13.8. The minimum absolute atomic E-state index is 0.0280. The largest absolute Gasteiger partial charge is 0.395 e. The van der Waals surface area contributed by atoms with Crippen molar-refractivity contribution in [2.75, 3.05) is 25.2 Å². The van der Waals surface area contributed by atoms with Crippen LogP contribution in [0, 0.1) is 5.82 Å². The van der Waals surface area contributed by atoms with Crippen molar-refractivity contribution in [3.8, 4) is 0 Å². The monoisotopic (exact) mass is 276 g/mol. The van der Waals surface area contributed by atoms with Gasteiger partial charge in [0.1, 0.15) is 15.7 Å². The smallest absolute Gasteiger partial charge is 0.147 e. The van der Waals surface area contributed by atoms with Crippen molar-refractivity contribution in [3.05, 3.63) is 35.6 Å². The highest BCUT2D eigenvalue weighted by molar-refractivity contribution is 7.90. The first kappa shape index (κ1) is 15.1. The number of hydrogen-bond acceptors (Lipinski definition) is 4. The summed E-state index contributed by atoms with van der Waals surface area (Å²) in [4.78, 5) is 0. The van der Waals surface area contributed by atoms with Crippen LogP contribution in [-0.4, -0.2) is 43.9 Å². The van der Waals surface area contributed by atoms with Gasteiger partial charge in [-0.15, -0.1) is 0 Å². The number of rotatable bonds is 6. The van der Waals surface area contributed by atoms with Crippen molar-refractivity contribution in [3.63, 3.8) is 0 Å². The molecule has 6 heteroatoms. The van der Waals surface area contributed by atoms with Crippen LogP contribution >= 0.6 is 0 Å². The van der Waals surface area contributed by atoms with Gasteiger partial charge in [-0.25, -0.2) is 12.8 Å². The highest BCUT2D eigenvalue weighted by Gasteiger charge is 2.34. The van der Waals surface area contributed by atoms with Crippen molar-refractivity contribution in [1.82, 2.24) is 0 Å². The molecule has 0 aliphatic heterocycles. The Morgan fingerprint density at radius 1 is 1.22 bits per heavy atom. The minimum Gasteiger partial charge on any atom is -0.395 e. The van der Waals surface area contributed by atoms with Crippen molar-refractivity contribution in [1.29, 1.82) is 0 Å². The molecule has 0 saturated heterocycles. The lowest BCUT2D eigenvalue weighted by Gasteiger charge is -2.30. The first-order chi connectivity index (χ1) is 8.34. The number of aliphatic hydroxyl groups is 2. The van der Waals surface area contributed by atoms with Crippen LogP contribution in [0.25, 0.3) is 0 Å². The van der Waals surface area contributed by atoms with E-state index in [-0.39, 0.29) is 17.7 Å². The molecule has 0 amide bonds. The van der Waals surface area contributed by atoms with E-state index in [0.717, 1.165) is 6.26 Å². The van der Waals surface area contributed by atoms with Crippen molar-refractivity contribution < 1.29 is 23.0 Å². The normalized spacial score (nSPS) is 12.7. The molecule has 1 rings (SSSR count). The van der Waals surface area contributed by atoms with Crippen LogP contribution in [0.4, 0.5) is 4.39 Å². The standard InChI is InChI=1S/C12H17FO4S/c1-18(16,17)7-6-12(8-14,9-15)10-4-2-3-5-11(10)13/h2-5,14-15H,6-9H2,1H3. The van der Waals surface area contributed by atoms with Gasteiger partial charge in [-0.2, -0.15) is 0 Å². The van der Waals surface area contributed by atoms with Gasteiger partial charge in [0, 0.05) is 11.7 Å². The van der Waals surface area contributed by atoms with Crippen LogP contribution < -0.4 is 0 Å². The Morgan fingerprint density at radius 3 is 2.22 bits per heavy atom. The molecule has 0 aliphatic rings. The van der Waals surface area contributed by atoms with E-state index in [1.807, 2.05) is 0 Å². The molecule has 1 aromatic rings. The van der Waals surface area contributed by atoms with E-state index < -0.39 is 34.3 Å². The molecule has 0 aromatic heterocycles. The van der Waals surface area contributed by atoms with E-state index in [1.54, 1.807) is 6.07 Å². The Balaban J connectivity index is 3.11. The molecule has 0 bridgehead atoms. The lowest BCUT2D eigenvalue weighted by Crippen LogP contribution is -2.37. The quantitative estimate of drug-likeness (QED) is 0.792. The lowest BCUT2D eigenvalue weighted by molar-refractivity contribution is 0.111. The summed E-state index contributed by atoms with van der Waals surface area (Å²) < 4.78 is 36.0. The van der Waals surface area contributed by atoms with E-state index in [9.17, 15) is 23.0 Å². The third kappa shape index (κ3) is 3.51. The Labute approximate surface area is 106 Å². The number of benzene rings is 1. The molecule has 0 unspecified atom stereocenters. The predicted molar refractivity (Wildman–Crippen MR) is 66.6 cm³/mol. The van der Waals surface area contributed by atoms with E-state index in [0.29, 0.717) is 0 Å². The second kappa shape index (κ2) is 5.77. The maximum atomic E-state index is 13.7. The molecule has 2 N–H and O–H groups in total. The summed E-state index contributed by atoms with van der Waals surface area (Å²) in [6, 6.07) is 5.74. The van der Waals surface area contributed by atoms with Gasteiger partial charge in [-0.1, -0.05) is 18.2 Å². The summed E-state index contributed by atoms with van der Waals surface area (Å²) in [6.07, 6.45) is 1.04. The van der Waals surface area contributed by atoms with Crippen LogP contribution in [0.3, 0.4) is 0 Å². The summed E-state index contributed by atoms with van der Waals surface area (Å²) in [5.41, 5.74) is -1.13. The molecular formula is C12H17FO4S. The van der Waals surface area contributed by atoms with Crippen molar-refractivity contribution >= 4 is 9.84 Å². The van der Waals surface area contributed by atoms with Gasteiger partial charge in [0.2, 0.25) is 0 Å². The van der Waals surface area contributed by atoms with Gasteiger partial charge >= 0.3 is 0 Å². The van der Waals surface area contributed by atoms with Gasteiger partial charge in [0.05, 0.1) is 19.0 Å². The van der Waals surface area contributed by atoms with Crippen LogP contribution in [0.1, 0.15) is 12.0 Å². The van der Waals surface area contributed by atoms with Crippen LogP contribution in [0.5, 0.6) is 0 Å². The molecule has 0 saturated carbocycles. The molecule has 4 nitrogen and oxygen atoms in total. The Morgan fingerprint density at radius 2 is 1.78 bits per heavy atom. The number of sulfone groups is 1. The lowest BCUT2D eigenvalue weighted by atomic mass is 9.79. The number of hydrogen-bond donors (Lipinski definition) is 2. The van der Waals surface area contributed by atoms with Crippen LogP contribution in [0.15, 0.2) is 24.3 Å². The topological polar surface area (TPSA) is 74.6 Å².